The molecule has 17 heavy (non-hydrogen) atoms. The molecule has 2 N–H and O–H groups in total. The maximum absolute atomic E-state index is 11.1. The molecule has 1 aromatic rings. The van der Waals surface area contributed by atoms with E-state index in [0.29, 0.717) is 6.04 Å². The molecule has 0 aliphatic heterocycles. The summed E-state index contributed by atoms with van der Waals surface area (Å²) in [6, 6.07) is 8.40. The minimum absolute atomic E-state index is 0.0287. The number of carbonyl (C=O) groups is 1. The van der Waals surface area contributed by atoms with Gasteiger partial charge in [0.15, 0.2) is 0 Å². The Labute approximate surface area is 104 Å². The summed E-state index contributed by atoms with van der Waals surface area (Å²) < 4.78 is 0. The highest BCUT2D eigenvalue weighted by atomic mass is 16.1. The Kier molecular flexibility index (Phi) is 5.70. The van der Waals surface area contributed by atoms with Crippen molar-refractivity contribution in [1.29, 1.82) is 0 Å². The third-order valence-electron chi connectivity index (χ3n) is 2.69. The van der Waals surface area contributed by atoms with E-state index in [2.05, 4.69) is 24.5 Å². The fourth-order valence-electron chi connectivity index (χ4n) is 1.81. The van der Waals surface area contributed by atoms with Gasteiger partial charge in [-0.3, -0.25) is 4.79 Å². The maximum Gasteiger partial charge on any atom is 0.221 e. The SMILES string of the molecule is CCCC(C)NCc1ccccc1NC(C)=O. The Hall–Kier alpha value is -1.35. The van der Waals surface area contributed by atoms with Crippen LogP contribution in [0.1, 0.15) is 39.2 Å². The predicted octanol–water partition coefficient (Wildman–Crippen LogP) is 2.92. The van der Waals surface area contributed by atoms with E-state index in [1.165, 1.54) is 19.8 Å². The van der Waals surface area contributed by atoms with Crippen LogP contribution >= 0.6 is 0 Å². The van der Waals surface area contributed by atoms with Crippen LogP contribution in [-0.2, 0) is 11.3 Å². The third kappa shape index (κ3) is 5.00. The lowest BCUT2D eigenvalue weighted by Gasteiger charge is -2.15. The lowest BCUT2D eigenvalue weighted by atomic mass is 10.1. The molecule has 0 saturated carbocycles. The van der Waals surface area contributed by atoms with Crippen molar-refractivity contribution >= 4 is 11.6 Å². The zero-order valence-corrected chi connectivity index (χ0v) is 10.9. The van der Waals surface area contributed by atoms with E-state index in [-0.39, 0.29) is 5.91 Å². The van der Waals surface area contributed by atoms with Gasteiger partial charge in [-0.25, -0.2) is 0 Å². The predicted molar refractivity (Wildman–Crippen MR) is 72.0 cm³/mol. The number of amides is 1. The van der Waals surface area contributed by atoms with Gasteiger partial charge in [-0.15, -0.1) is 0 Å². The summed E-state index contributed by atoms with van der Waals surface area (Å²) in [7, 11) is 0. The Bertz CT molecular complexity index is 363. The van der Waals surface area contributed by atoms with Crippen LogP contribution in [-0.4, -0.2) is 11.9 Å². The van der Waals surface area contributed by atoms with E-state index in [0.717, 1.165) is 17.8 Å². The standard InChI is InChI=1S/C14H22N2O/c1-4-7-11(2)15-10-13-8-5-6-9-14(13)16-12(3)17/h5-6,8-9,11,15H,4,7,10H2,1-3H3,(H,16,17). The highest BCUT2D eigenvalue weighted by molar-refractivity contribution is 5.89. The molecular formula is C14H22N2O. The van der Waals surface area contributed by atoms with Crippen LogP contribution in [0.3, 0.4) is 0 Å². The Morgan fingerprint density at radius 1 is 1.35 bits per heavy atom. The largest absolute Gasteiger partial charge is 0.326 e. The topological polar surface area (TPSA) is 41.1 Å². The summed E-state index contributed by atoms with van der Waals surface area (Å²) in [5, 5.41) is 6.31. The second kappa shape index (κ2) is 7.07. The Morgan fingerprint density at radius 3 is 2.71 bits per heavy atom. The first-order valence-corrected chi connectivity index (χ1v) is 6.22. The first-order valence-electron chi connectivity index (χ1n) is 6.22. The van der Waals surface area contributed by atoms with E-state index in [1.807, 2.05) is 24.3 Å². The molecule has 3 nitrogen and oxygen atoms in total. The first-order chi connectivity index (χ1) is 8.13. The number of para-hydroxylation sites is 1. The second-order valence-electron chi connectivity index (χ2n) is 4.41. The molecule has 1 atom stereocenters. The van der Waals surface area contributed by atoms with Gasteiger partial charge in [0.2, 0.25) is 5.91 Å². The molecule has 0 saturated heterocycles. The van der Waals surface area contributed by atoms with Gasteiger partial charge in [-0.05, 0) is 25.0 Å². The van der Waals surface area contributed by atoms with E-state index in [4.69, 9.17) is 0 Å². The average molecular weight is 234 g/mol. The molecule has 0 aliphatic rings. The minimum atomic E-state index is -0.0287. The normalized spacial score (nSPS) is 12.2. The van der Waals surface area contributed by atoms with E-state index < -0.39 is 0 Å². The van der Waals surface area contributed by atoms with Crippen LogP contribution in [0.2, 0.25) is 0 Å². The third-order valence-corrected chi connectivity index (χ3v) is 2.69. The van der Waals surface area contributed by atoms with Crippen LogP contribution in [0.5, 0.6) is 0 Å². The monoisotopic (exact) mass is 234 g/mol. The molecule has 1 rings (SSSR count). The zero-order chi connectivity index (χ0) is 12.7. The smallest absolute Gasteiger partial charge is 0.221 e. The van der Waals surface area contributed by atoms with Crippen molar-refractivity contribution in [2.75, 3.05) is 5.32 Å². The van der Waals surface area contributed by atoms with Crippen LogP contribution in [0.15, 0.2) is 24.3 Å². The van der Waals surface area contributed by atoms with E-state index >= 15 is 0 Å². The molecule has 0 spiro atoms. The van der Waals surface area contributed by atoms with Gasteiger partial charge in [-0.1, -0.05) is 31.5 Å². The fourth-order valence-corrected chi connectivity index (χ4v) is 1.81. The number of hydrogen-bond donors (Lipinski definition) is 2. The van der Waals surface area contributed by atoms with Crippen LogP contribution < -0.4 is 10.6 Å². The molecule has 0 bridgehead atoms. The van der Waals surface area contributed by atoms with Crippen molar-refractivity contribution in [1.82, 2.24) is 5.32 Å². The Morgan fingerprint density at radius 2 is 2.06 bits per heavy atom. The number of carbonyl (C=O) groups excluding carboxylic acids is 1. The molecule has 1 unspecified atom stereocenters. The molecule has 1 aromatic carbocycles. The summed E-state index contributed by atoms with van der Waals surface area (Å²) >= 11 is 0. The van der Waals surface area contributed by atoms with Gasteiger partial charge >= 0.3 is 0 Å². The molecule has 1 amide bonds. The van der Waals surface area contributed by atoms with Crippen molar-refractivity contribution in [2.45, 2.75) is 46.2 Å². The highest BCUT2D eigenvalue weighted by Crippen LogP contribution is 2.15. The van der Waals surface area contributed by atoms with Crippen LogP contribution in [0.25, 0.3) is 0 Å². The Balaban J connectivity index is 2.60. The second-order valence-corrected chi connectivity index (χ2v) is 4.41. The van der Waals surface area contributed by atoms with Crippen molar-refractivity contribution < 1.29 is 4.79 Å². The average Bonchev–Trinajstić information content (AvgIpc) is 2.27. The van der Waals surface area contributed by atoms with Crippen molar-refractivity contribution in [3.63, 3.8) is 0 Å². The summed E-state index contributed by atoms with van der Waals surface area (Å²) in [6.45, 7) is 6.69. The molecule has 3 heteroatoms. The fraction of sp³-hybridized carbons (Fsp3) is 0.500. The summed E-state index contributed by atoms with van der Waals surface area (Å²) in [5.41, 5.74) is 2.03. The molecule has 0 fully saturated rings. The van der Waals surface area contributed by atoms with E-state index in [1.54, 1.807) is 0 Å². The molecular weight excluding hydrogens is 212 g/mol. The summed E-state index contributed by atoms with van der Waals surface area (Å²) in [4.78, 5) is 11.1. The van der Waals surface area contributed by atoms with Gasteiger partial charge in [0.1, 0.15) is 0 Å². The van der Waals surface area contributed by atoms with Gasteiger partial charge in [0, 0.05) is 25.2 Å². The van der Waals surface area contributed by atoms with Gasteiger partial charge < -0.3 is 10.6 Å². The number of nitrogens with one attached hydrogen (secondary N) is 2. The lowest BCUT2D eigenvalue weighted by Crippen LogP contribution is -2.25. The maximum atomic E-state index is 11.1. The zero-order valence-electron chi connectivity index (χ0n) is 10.9. The van der Waals surface area contributed by atoms with Crippen molar-refractivity contribution in [3.05, 3.63) is 29.8 Å². The molecule has 0 aromatic heterocycles. The summed E-state index contributed by atoms with van der Waals surface area (Å²) in [5.74, 6) is -0.0287. The van der Waals surface area contributed by atoms with Crippen molar-refractivity contribution in [2.24, 2.45) is 0 Å². The molecule has 94 valence electrons. The minimum Gasteiger partial charge on any atom is -0.326 e. The van der Waals surface area contributed by atoms with Gasteiger partial charge in [-0.2, -0.15) is 0 Å². The first kappa shape index (κ1) is 13.7. The number of rotatable bonds is 6. The van der Waals surface area contributed by atoms with Crippen LogP contribution in [0.4, 0.5) is 5.69 Å². The quantitative estimate of drug-likeness (QED) is 0.794. The number of benzene rings is 1. The number of hydrogen-bond acceptors (Lipinski definition) is 2. The van der Waals surface area contributed by atoms with Gasteiger partial charge in [0.25, 0.3) is 0 Å². The van der Waals surface area contributed by atoms with E-state index in [9.17, 15) is 4.79 Å². The molecule has 0 heterocycles. The van der Waals surface area contributed by atoms with Crippen LogP contribution in [0, 0.1) is 0 Å². The molecule has 0 radical (unpaired) electrons. The van der Waals surface area contributed by atoms with Gasteiger partial charge in [0.05, 0.1) is 0 Å². The lowest BCUT2D eigenvalue weighted by molar-refractivity contribution is -0.114. The number of anilines is 1. The highest BCUT2D eigenvalue weighted by Gasteiger charge is 2.05. The van der Waals surface area contributed by atoms with Crippen molar-refractivity contribution in [3.8, 4) is 0 Å². The summed E-state index contributed by atoms with van der Waals surface area (Å²) in [6.07, 6.45) is 2.35. The molecule has 0 aliphatic carbocycles.